The first-order valence-electron chi connectivity index (χ1n) is 7.28. The molecular formula is C18H21NO. The zero-order valence-electron chi connectivity index (χ0n) is 12.1. The van der Waals surface area contributed by atoms with E-state index in [2.05, 4.69) is 42.6 Å². The molecule has 0 saturated heterocycles. The molecule has 0 radical (unpaired) electrons. The standard InChI is InChI=1S/C18H21NO/c1-13(19-17-8-10-18(20-2)11-9-17)15-7-6-14-4-3-5-16(14)12-15/h6-13,19H,3-5H2,1-2H3. The van der Waals surface area contributed by atoms with Gasteiger partial charge in [-0.3, -0.25) is 0 Å². The van der Waals surface area contributed by atoms with E-state index in [1.54, 1.807) is 7.11 Å². The molecule has 1 aliphatic rings. The topological polar surface area (TPSA) is 21.3 Å². The summed E-state index contributed by atoms with van der Waals surface area (Å²) >= 11 is 0. The lowest BCUT2D eigenvalue weighted by Gasteiger charge is -2.17. The van der Waals surface area contributed by atoms with E-state index in [0.29, 0.717) is 6.04 Å². The highest BCUT2D eigenvalue weighted by Crippen LogP contribution is 2.27. The molecule has 0 aliphatic heterocycles. The molecule has 0 bridgehead atoms. The molecule has 1 aliphatic carbocycles. The second kappa shape index (κ2) is 5.58. The van der Waals surface area contributed by atoms with Gasteiger partial charge in [0.15, 0.2) is 0 Å². The quantitative estimate of drug-likeness (QED) is 0.888. The van der Waals surface area contributed by atoms with Crippen LogP contribution < -0.4 is 10.1 Å². The molecule has 0 aromatic heterocycles. The lowest BCUT2D eigenvalue weighted by molar-refractivity contribution is 0.415. The first kappa shape index (κ1) is 13.0. The van der Waals surface area contributed by atoms with Crippen LogP contribution in [0.4, 0.5) is 5.69 Å². The maximum atomic E-state index is 5.18. The van der Waals surface area contributed by atoms with Gasteiger partial charge in [0.25, 0.3) is 0 Å². The number of aryl methyl sites for hydroxylation is 2. The summed E-state index contributed by atoms with van der Waals surface area (Å²) in [5.74, 6) is 0.890. The zero-order chi connectivity index (χ0) is 13.9. The van der Waals surface area contributed by atoms with Crippen LogP contribution >= 0.6 is 0 Å². The highest BCUT2D eigenvalue weighted by atomic mass is 16.5. The Morgan fingerprint density at radius 1 is 1.00 bits per heavy atom. The Morgan fingerprint density at radius 3 is 2.50 bits per heavy atom. The molecule has 0 heterocycles. The van der Waals surface area contributed by atoms with Crippen LogP contribution in [0.2, 0.25) is 0 Å². The van der Waals surface area contributed by atoms with E-state index in [0.717, 1.165) is 11.4 Å². The molecule has 1 N–H and O–H groups in total. The molecule has 1 unspecified atom stereocenters. The maximum Gasteiger partial charge on any atom is 0.119 e. The van der Waals surface area contributed by atoms with Gasteiger partial charge in [-0.25, -0.2) is 0 Å². The van der Waals surface area contributed by atoms with Gasteiger partial charge in [0, 0.05) is 11.7 Å². The van der Waals surface area contributed by atoms with E-state index in [9.17, 15) is 0 Å². The molecule has 0 saturated carbocycles. The summed E-state index contributed by atoms with van der Waals surface area (Å²) in [4.78, 5) is 0. The molecule has 2 aromatic carbocycles. The fourth-order valence-electron chi connectivity index (χ4n) is 2.88. The smallest absolute Gasteiger partial charge is 0.119 e. The van der Waals surface area contributed by atoms with Crippen LogP contribution in [0.15, 0.2) is 42.5 Å². The van der Waals surface area contributed by atoms with Gasteiger partial charge < -0.3 is 10.1 Å². The van der Waals surface area contributed by atoms with Crippen molar-refractivity contribution in [2.75, 3.05) is 12.4 Å². The van der Waals surface area contributed by atoms with Gasteiger partial charge in [0.1, 0.15) is 5.75 Å². The summed E-state index contributed by atoms with van der Waals surface area (Å²) in [6.07, 6.45) is 3.79. The van der Waals surface area contributed by atoms with Gasteiger partial charge in [-0.2, -0.15) is 0 Å². The normalized spacial score (nSPS) is 14.7. The lowest BCUT2D eigenvalue weighted by Crippen LogP contribution is -2.07. The number of nitrogens with one attached hydrogen (secondary N) is 1. The minimum absolute atomic E-state index is 0.314. The van der Waals surface area contributed by atoms with E-state index < -0.39 is 0 Å². The molecule has 2 heteroatoms. The monoisotopic (exact) mass is 267 g/mol. The molecule has 0 amide bonds. The fraction of sp³-hybridized carbons (Fsp3) is 0.333. The van der Waals surface area contributed by atoms with Crippen LogP contribution in [0.3, 0.4) is 0 Å². The number of ether oxygens (including phenoxy) is 1. The van der Waals surface area contributed by atoms with E-state index in [-0.39, 0.29) is 0 Å². The number of hydrogen-bond acceptors (Lipinski definition) is 2. The molecule has 0 spiro atoms. The van der Waals surface area contributed by atoms with Crippen molar-refractivity contribution in [3.8, 4) is 5.75 Å². The van der Waals surface area contributed by atoms with Gasteiger partial charge in [-0.15, -0.1) is 0 Å². The van der Waals surface area contributed by atoms with Crippen LogP contribution in [-0.2, 0) is 12.8 Å². The Labute approximate surface area is 120 Å². The highest BCUT2D eigenvalue weighted by molar-refractivity contribution is 5.48. The first-order valence-corrected chi connectivity index (χ1v) is 7.28. The number of benzene rings is 2. The Balaban J connectivity index is 1.73. The summed E-state index contributed by atoms with van der Waals surface area (Å²) < 4.78 is 5.18. The molecule has 0 fully saturated rings. The van der Waals surface area contributed by atoms with Crippen molar-refractivity contribution >= 4 is 5.69 Å². The molecule has 2 aromatic rings. The Morgan fingerprint density at radius 2 is 1.75 bits per heavy atom. The van der Waals surface area contributed by atoms with Gasteiger partial charge in [-0.1, -0.05) is 18.2 Å². The molecule has 1 atom stereocenters. The summed E-state index contributed by atoms with van der Waals surface area (Å²) in [5, 5.41) is 3.55. The van der Waals surface area contributed by atoms with Crippen LogP contribution in [0.25, 0.3) is 0 Å². The average Bonchev–Trinajstić information content (AvgIpc) is 2.95. The van der Waals surface area contributed by atoms with Crippen molar-refractivity contribution in [1.82, 2.24) is 0 Å². The third-order valence-electron chi connectivity index (χ3n) is 4.10. The van der Waals surface area contributed by atoms with Gasteiger partial charge in [-0.05, 0) is 67.1 Å². The molecular weight excluding hydrogens is 246 g/mol. The average molecular weight is 267 g/mol. The number of anilines is 1. The van der Waals surface area contributed by atoms with Gasteiger partial charge in [0.2, 0.25) is 0 Å². The van der Waals surface area contributed by atoms with Crippen LogP contribution in [0.1, 0.15) is 36.1 Å². The summed E-state index contributed by atoms with van der Waals surface area (Å²) in [7, 11) is 1.69. The third-order valence-corrected chi connectivity index (χ3v) is 4.10. The fourth-order valence-corrected chi connectivity index (χ4v) is 2.88. The van der Waals surface area contributed by atoms with Crippen molar-refractivity contribution in [2.45, 2.75) is 32.2 Å². The van der Waals surface area contributed by atoms with Crippen molar-refractivity contribution in [3.05, 3.63) is 59.2 Å². The van der Waals surface area contributed by atoms with E-state index >= 15 is 0 Å². The van der Waals surface area contributed by atoms with E-state index in [1.807, 2.05) is 12.1 Å². The first-order chi connectivity index (χ1) is 9.76. The van der Waals surface area contributed by atoms with Crippen molar-refractivity contribution in [3.63, 3.8) is 0 Å². The summed E-state index contributed by atoms with van der Waals surface area (Å²) in [6, 6.07) is 15.3. The van der Waals surface area contributed by atoms with Gasteiger partial charge in [0.05, 0.1) is 7.11 Å². The Bertz CT molecular complexity index is 589. The number of rotatable bonds is 4. The number of hydrogen-bond donors (Lipinski definition) is 1. The zero-order valence-corrected chi connectivity index (χ0v) is 12.1. The third kappa shape index (κ3) is 2.64. The second-order valence-corrected chi connectivity index (χ2v) is 5.48. The minimum atomic E-state index is 0.314. The molecule has 20 heavy (non-hydrogen) atoms. The SMILES string of the molecule is COc1ccc(NC(C)c2ccc3c(c2)CCC3)cc1. The van der Waals surface area contributed by atoms with Crippen molar-refractivity contribution in [1.29, 1.82) is 0 Å². The minimum Gasteiger partial charge on any atom is -0.497 e. The molecule has 3 rings (SSSR count). The lowest BCUT2D eigenvalue weighted by atomic mass is 10.0. The van der Waals surface area contributed by atoms with E-state index in [4.69, 9.17) is 4.74 Å². The Hall–Kier alpha value is -1.96. The second-order valence-electron chi connectivity index (χ2n) is 5.48. The van der Waals surface area contributed by atoms with Gasteiger partial charge >= 0.3 is 0 Å². The Kier molecular flexibility index (Phi) is 3.64. The number of methoxy groups -OCH3 is 1. The van der Waals surface area contributed by atoms with Crippen LogP contribution in [-0.4, -0.2) is 7.11 Å². The van der Waals surface area contributed by atoms with Crippen molar-refractivity contribution < 1.29 is 4.74 Å². The van der Waals surface area contributed by atoms with Crippen LogP contribution in [0, 0.1) is 0 Å². The van der Waals surface area contributed by atoms with Crippen molar-refractivity contribution in [2.24, 2.45) is 0 Å². The highest BCUT2D eigenvalue weighted by Gasteiger charge is 2.13. The predicted molar refractivity (Wildman–Crippen MR) is 83.5 cm³/mol. The van der Waals surface area contributed by atoms with E-state index in [1.165, 1.54) is 36.0 Å². The molecule has 104 valence electrons. The summed E-state index contributed by atoms with van der Waals surface area (Å²) in [6.45, 7) is 2.21. The largest absolute Gasteiger partial charge is 0.497 e. The summed E-state index contributed by atoms with van der Waals surface area (Å²) in [5.41, 5.74) is 5.55. The van der Waals surface area contributed by atoms with Crippen LogP contribution in [0.5, 0.6) is 5.75 Å². The maximum absolute atomic E-state index is 5.18. The molecule has 2 nitrogen and oxygen atoms in total. The predicted octanol–water partition coefficient (Wildman–Crippen LogP) is 4.36. The number of fused-ring (bicyclic) bond motifs is 1.